The first-order valence-electron chi connectivity index (χ1n) is 8.54. The van der Waals surface area contributed by atoms with Crippen molar-refractivity contribution in [2.45, 2.75) is 24.9 Å². The predicted molar refractivity (Wildman–Crippen MR) is 89.8 cm³/mol. The molecule has 0 radical (unpaired) electrons. The molecule has 2 fully saturated rings. The van der Waals surface area contributed by atoms with Crippen LogP contribution in [0, 0.1) is 0 Å². The molecule has 0 bridgehead atoms. The summed E-state index contributed by atoms with van der Waals surface area (Å²) in [6, 6.07) is 3.89. The molecule has 2 aliphatic heterocycles. The molecule has 4 rings (SSSR count). The van der Waals surface area contributed by atoms with Crippen molar-refractivity contribution >= 4 is 5.95 Å². The number of hydrogen-bond donors (Lipinski definition) is 0. The Labute approximate surface area is 141 Å². The van der Waals surface area contributed by atoms with Crippen LogP contribution in [-0.2, 0) is 16.5 Å². The van der Waals surface area contributed by atoms with Crippen molar-refractivity contribution in [1.29, 1.82) is 0 Å². The van der Waals surface area contributed by atoms with Crippen LogP contribution in [0.15, 0.2) is 24.5 Å². The van der Waals surface area contributed by atoms with Crippen LogP contribution in [-0.4, -0.2) is 58.3 Å². The van der Waals surface area contributed by atoms with Crippen LogP contribution >= 0.6 is 0 Å². The third kappa shape index (κ3) is 3.01. The van der Waals surface area contributed by atoms with Gasteiger partial charge in [-0.15, -0.1) is 0 Å². The lowest BCUT2D eigenvalue weighted by Gasteiger charge is -2.35. The first-order chi connectivity index (χ1) is 11.8. The van der Waals surface area contributed by atoms with E-state index in [2.05, 4.69) is 15.0 Å². The first kappa shape index (κ1) is 15.5. The standard InChI is InChI=1S/C17H23N5O2/c1-21-15(3-8-19-21)14-2-7-18-16(20-14)22-9-4-17(24-13-10-22)5-11-23-12-6-17/h2-3,7-8H,4-6,9-13H2,1H3. The van der Waals surface area contributed by atoms with Gasteiger partial charge in [-0.25, -0.2) is 9.97 Å². The van der Waals surface area contributed by atoms with E-state index in [1.807, 2.05) is 30.1 Å². The SMILES string of the molecule is Cn1nccc1-c1ccnc(N2CCOC3(CCOCC3)CC2)n1. The molecule has 0 N–H and O–H groups in total. The Morgan fingerprint density at radius 3 is 2.71 bits per heavy atom. The van der Waals surface area contributed by atoms with Crippen molar-refractivity contribution < 1.29 is 9.47 Å². The molecule has 128 valence electrons. The number of nitrogens with zero attached hydrogens (tertiary/aromatic N) is 5. The average Bonchev–Trinajstić information content (AvgIpc) is 2.94. The second kappa shape index (κ2) is 6.49. The largest absolute Gasteiger partial charge is 0.381 e. The number of hydrogen-bond acceptors (Lipinski definition) is 6. The van der Waals surface area contributed by atoms with Crippen LogP contribution in [0.4, 0.5) is 5.95 Å². The topological polar surface area (TPSA) is 65.3 Å². The highest BCUT2D eigenvalue weighted by Gasteiger charge is 2.36. The smallest absolute Gasteiger partial charge is 0.225 e. The summed E-state index contributed by atoms with van der Waals surface area (Å²) in [5, 5.41) is 4.22. The van der Waals surface area contributed by atoms with Gasteiger partial charge in [0.2, 0.25) is 5.95 Å². The van der Waals surface area contributed by atoms with Crippen molar-refractivity contribution in [1.82, 2.24) is 19.7 Å². The molecule has 1 spiro atoms. The minimum absolute atomic E-state index is 0.0212. The number of aromatic nitrogens is 4. The van der Waals surface area contributed by atoms with Crippen LogP contribution < -0.4 is 4.90 Å². The molecule has 4 heterocycles. The summed E-state index contributed by atoms with van der Waals surface area (Å²) in [4.78, 5) is 11.5. The van der Waals surface area contributed by atoms with E-state index in [1.165, 1.54) is 0 Å². The quantitative estimate of drug-likeness (QED) is 0.835. The minimum Gasteiger partial charge on any atom is -0.381 e. The molecule has 0 aliphatic carbocycles. The van der Waals surface area contributed by atoms with Gasteiger partial charge in [0.05, 0.1) is 23.6 Å². The number of anilines is 1. The van der Waals surface area contributed by atoms with Crippen molar-refractivity contribution in [2.75, 3.05) is 37.8 Å². The van der Waals surface area contributed by atoms with Crippen molar-refractivity contribution in [3.63, 3.8) is 0 Å². The minimum atomic E-state index is -0.0212. The van der Waals surface area contributed by atoms with E-state index in [4.69, 9.17) is 14.5 Å². The maximum absolute atomic E-state index is 6.21. The monoisotopic (exact) mass is 329 g/mol. The molecule has 0 amide bonds. The van der Waals surface area contributed by atoms with E-state index in [0.29, 0.717) is 6.61 Å². The van der Waals surface area contributed by atoms with E-state index < -0.39 is 0 Å². The zero-order valence-corrected chi connectivity index (χ0v) is 14.0. The van der Waals surface area contributed by atoms with Gasteiger partial charge in [0, 0.05) is 45.7 Å². The van der Waals surface area contributed by atoms with Gasteiger partial charge in [0.1, 0.15) is 0 Å². The summed E-state index contributed by atoms with van der Waals surface area (Å²) in [5.74, 6) is 0.765. The zero-order valence-electron chi connectivity index (χ0n) is 14.0. The second-order valence-corrected chi connectivity index (χ2v) is 6.46. The van der Waals surface area contributed by atoms with Gasteiger partial charge >= 0.3 is 0 Å². The molecule has 2 aromatic rings. The lowest BCUT2D eigenvalue weighted by Crippen LogP contribution is -2.39. The molecular weight excluding hydrogens is 306 g/mol. The summed E-state index contributed by atoms with van der Waals surface area (Å²) < 4.78 is 13.5. The average molecular weight is 329 g/mol. The van der Waals surface area contributed by atoms with Gasteiger partial charge in [-0.2, -0.15) is 5.10 Å². The number of rotatable bonds is 2. The van der Waals surface area contributed by atoms with Crippen LogP contribution in [0.1, 0.15) is 19.3 Å². The maximum Gasteiger partial charge on any atom is 0.225 e. The normalized spacial score (nSPS) is 21.0. The van der Waals surface area contributed by atoms with Crippen LogP contribution in [0.25, 0.3) is 11.4 Å². The highest BCUT2D eigenvalue weighted by molar-refractivity contribution is 5.55. The summed E-state index contributed by atoms with van der Waals surface area (Å²) >= 11 is 0. The molecule has 2 saturated heterocycles. The maximum atomic E-state index is 6.21. The molecule has 7 heteroatoms. The number of ether oxygens (including phenoxy) is 2. The first-order valence-corrected chi connectivity index (χ1v) is 8.54. The summed E-state index contributed by atoms with van der Waals surface area (Å²) in [6.45, 7) is 4.03. The van der Waals surface area contributed by atoms with Crippen molar-refractivity contribution in [2.24, 2.45) is 7.05 Å². The lowest BCUT2D eigenvalue weighted by atomic mass is 9.90. The summed E-state index contributed by atoms with van der Waals surface area (Å²) in [6.07, 6.45) is 6.57. The summed E-state index contributed by atoms with van der Waals surface area (Å²) in [7, 11) is 1.92. The van der Waals surface area contributed by atoms with E-state index in [0.717, 1.165) is 62.9 Å². The molecule has 0 unspecified atom stereocenters. The predicted octanol–water partition coefficient (Wildman–Crippen LogP) is 1.65. The second-order valence-electron chi connectivity index (χ2n) is 6.46. The Kier molecular flexibility index (Phi) is 4.20. The Bertz CT molecular complexity index is 696. The third-order valence-electron chi connectivity index (χ3n) is 5.02. The fourth-order valence-corrected chi connectivity index (χ4v) is 3.50. The van der Waals surface area contributed by atoms with Gasteiger partial charge in [-0.05, 0) is 31.4 Å². The van der Waals surface area contributed by atoms with E-state index in [1.54, 1.807) is 6.20 Å². The highest BCUT2D eigenvalue weighted by Crippen LogP contribution is 2.31. The molecule has 2 aromatic heterocycles. The highest BCUT2D eigenvalue weighted by atomic mass is 16.5. The molecular formula is C17H23N5O2. The Morgan fingerprint density at radius 1 is 1.04 bits per heavy atom. The van der Waals surface area contributed by atoms with Gasteiger partial charge in [-0.3, -0.25) is 4.68 Å². The fraction of sp³-hybridized carbons (Fsp3) is 0.588. The Balaban J connectivity index is 1.53. The molecule has 0 atom stereocenters. The molecule has 2 aliphatic rings. The molecule has 0 saturated carbocycles. The van der Waals surface area contributed by atoms with Gasteiger partial charge in [-0.1, -0.05) is 0 Å². The van der Waals surface area contributed by atoms with Crippen LogP contribution in [0.3, 0.4) is 0 Å². The molecule has 7 nitrogen and oxygen atoms in total. The van der Waals surface area contributed by atoms with Crippen LogP contribution in [0.5, 0.6) is 0 Å². The van der Waals surface area contributed by atoms with Gasteiger partial charge < -0.3 is 14.4 Å². The fourth-order valence-electron chi connectivity index (χ4n) is 3.50. The summed E-state index contributed by atoms with van der Waals surface area (Å²) in [5.41, 5.74) is 1.86. The van der Waals surface area contributed by atoms with Crippen molar-refractivity contribution in [3.05, 3.63) is 24.5 Å². The van der Waals surface area contributed by atoms with Gasteiger partial charge in [0.15, 0.2) is 0 Å². The van der Waals surface area contributed by atoms with Crippen LogP contribution in [0.2, 0.25) is 0 Å². The lowest BCUT2D eigenvalue weighted by molar-refractivity contribution is -0.105. The van der Waals surface area contributed by atoms with E-state index in [-0.39, 0.29) is 5.60 Å². The third-order valence-corrected chi connectivity index (χ3v) is 5.02. The Hall–Kier alpha value is -1.99. The Morgan fingerprint density at radius 2 is 1.92 bits per heavy atom. The van der Waals surface area contributed by atoms with E-state index in [9.17, 15) is 0 Å². The van der Waals surface area contributed by atoms with Crippen molar-refractivity contribution in [3.8, 4) is 11.4 Å². The molecule has 24 heavy (non-hydrogen) atoms. The molecule has 0 aromatic carbocycles. The van der Waals surface area contributed by atoms with Gasteiger partial charge in [0.25, 0.3) is 0 Å². The number of aryl methyl sites for hydroxylation is 1. The van der Waals surface area contributed by atoms with E-state index >= 15 is 0 Å². The zero-order chi connectivity index (χ0) is 16.4.